The lowest BCUT2D eigenvalue weighted by molar-refractivity contribution is 0.437. The molecular weight excluding hydrogens is 183 g/mol. The van der Waals surface area contributed by atoms with Crippen LogP contribution in [0.15, 0.2) is 29.2 Å². The minimum absolute atomic E-state index is 0.301. The topological polar surface area (TPSA) is 43.4 Å². The molecule has 0 aliphatic heterocycles. The number of rotatable bonds is 2. The normalized spacial score (nSPS) is 11.5. The number of hydrogen-bond donors (Lipinski definition) is 0. The van der Waals surface area contributed by atoms with Gasteiger partial charge in [0.25, 0.3) is 10.1 Å². The highest BCUT2D eigenvalue weighted by Gasteiger charge is 2.12. The summed E-state index contributed by atoms with van der Waals surface area (Å²) in [5, 5.41) is 0. The zero-order valence-electron chi connectivity index (χ0n) is 5.90. The Bertz CT molecular complexity index is 372. The molecule has 2 radical (unpaired) electrons. The Morgan fingerprint density at radius 3 is 2.58 bits per heavy atom. The van der Waals surface area contributed by atoms with E-state index in [0.29, 0.717) is 0 Å². The van der Waals surface area contributed by atoms with Gasteiger partial charge in [0.05, 0.1) is 4.90 Å². The molecule has 0 bridgehead atoms. The van der Waals surface area contributed by atoms with E-state index >= 15 is 0 Å². The van der Waals surface area contributed by atoms with Crippen molar-refractivity contribution in [3.8, 4) is 0 Å². The summed E-state index contributed by atoms with van der Waals surface area (Å²) < 4.78 is 37.8. The standard InChI is InChI=1S/C7H5FO3S/c1-11-12(9,10)7-4-2-3-6(8)5-7/h1-5H. The van der Waals surface area contributed by atoms with Crippen molar-refractivity contribution < 1.29 is 17.0 Å². The van der Waals surface area contributed by atoms with Gasteiger partial charge in [-0.3, -0.25) is 4.18 Å². The van der Waals surface area contributed by atoms with Crippen LogP contribution in [0.1, 0.15) is 0 Å². The number of benzene rings is 1. The zero-order valence-corrected chi connectivity index (χ0v) is 6.71. The van der Waals surface area contributed by atoms with E-state index < -0.39 is 15.9 Å². The molecule has 0 atom stereocenters. The molecule has 64 valence electrons. The van der Waals surface area contributed by atoms with Gasteiger partial charge in [-0.25, -0.2) is 4.39 Å². The molecule has 0 spiro atoms. The maximum atomic E-state index is 12.5. The molecule has 1 rings (SSSR count). The van der Waals surface area contributed by atoms with Crippen LogP contribution < -0.4 is 0 Å². The molecule has 0 unspecified atom stereocenters. The van der Waals surface area contributed by atoms with Crippen LogP contribution in [0.4, 0.5) is 4.39 Å². The second-order valence-electron chi connectivity index (χ2n) is 2.01. The van der Waals surface area contributed by atoms with Gasteiger partial charge in [-0.15, -0.1) is 0 Å². The monoisotopic (exact) mass is 188 g/mol. The lowest BCUT2D eigenvalue weighted by Crippen LogP contribution is -2.01. The van der Waals surface area contributed by atoms with Crippen molar-refractivity contribution in [2.24, 2.45) is 0 Å². The number of halogens is 1. The summed E-state index contributed by atoms with van der Waals surface area (Å²) in [4.78, 5) is -0.301. The fourth-order valence-corrected chi connectivity index (χ4v) is 1.29. The van der Waals surface area contributed by atoms with Gasteiger partial charge < -0.3 is 0 Å². The van der Waals surface area contributed by atoms with Crippen LogP contribution in [0.3, 0.4) is 0 Å². The smallest absolute Gasteiger partial charge is 0.257 e. The van der Waals surface area contributed by atoms with E-state index in [2.05, 4.69) is 11.3 Å². The average Bonchev–Trinajstić information content (AvgIpc) is 2.05. The van der Waals surface area contributed by atoms with E-state index in [1.165, 1.54) is 12.1 Å². The molecule has 1 aromatic rings. The minimum Gasteiger partial charge on any atom is -0.257 e. The van der Waals surface area contributed by atoms with Crippen LogP contribution in [-0.2, 0) is 14.3 Å². The molecule has 3 nitrogen and oxygen atoms in total. The first-order valence-electron chi connectivity index (χ1n) is 2.95. The Morgan fingerprint density at radius 1 is 1.42 bits per heavy atom. The van der Waals surface area contributed by atoms with E-state index in [1.54, 1.807) is 0 Å². The molecule has 12 heavy (non-hydrogen) atoms. The summed E-state index contributed by atoms with van der Waals surface area (Å²) in [5.74, 6) is -0.659. The third-order valence-electron chi connectivity index (χ3n) is 1.21. The number of hydrogen-bond acceptors (Lipinski definition) is 3. The summed E-state index contributed by atoms with van der Waals surface area (Å²) in [5.41, 5.74) is 0. The minimum atomic E-state index is -3.98. The van der Waals surface area contributed by atoms with E-state index in [1.807, 2.05) is 0 Å². The van der Waals surface area contributed by atoms with Crippen LogP contribution in [0.5, 0.6) is 0 Å². The van der Waals surface area contributed by atoms with Gasteiger partial charge in [0.2, 0.25) is 0 Å². The van der Waals surface area contributed by atoms with E-state index in [9.17, 15) is 12.8 Å². The first-order valence-corrected chi connectivity index (χ1v) is 4.36. The van der Waals surface area contributed by atoms with Crippen LogP contribution >= 0.6 is 0 Å². The van der Waals surface area contributed by atoms with E-state index in [4.69, 9.17) is 0 Å². The first-order chi connectivity index (χ1) is 5.56. The van der Waals surface area contributed by atoms with Gasteiger partial charge in [0.1, 0.15) is 12.9 Å². The third kappa shape index (κ3) is 1.80. The molecule has 0 heterocycles. The van der Waals surface area contributed by atoms with Crippen LogP contribution in [0.25, 0.3) is 0 Å². The van der Waals surface area contributed by atoms with Crippen molar-refractivity contribution in [2.75, 3.05) is 0 Å². The molecule has 0 N–H and O–H groups in total. The Kier molecular flexibility index (Phi) is 2.44. The maximum Gasteiger partial charge on any atom is 0.297 e. The molecule has 0 aliphatic carbocycles. The molecule has 0 saturated heterocycles. The van der Waals surface area contributed by atoms with Crippen LogP contribution in [0, 0.1) is 12.9 Å². The largest absolute Gasteiger partial charge is 0.297 e. The molecule has 0 aromatic heterocycles. The summed E-state index contributed by atoms with van der Waals surface area (Å²) in [6.07, 6.45) is 0. The Balaban J connectivity index is 3.21. The lowest BCUT2D eigenvalue weighted by Gasteiger charge is -1.99. The highest BCUT2D eigenvalue weighted by molar-refractivity contribution is 7.86. The summed E-state index contributed by atoms with van der Waals surface area (Å²) >= 11 is 0. The van der Waals surface area contributed by atoms with Gasteiger partial charge in [0.15, 0.2) is 0 Å². The van der Waals surface area contributed by atoms with Crippen molar-refractivity contribution in [3.05, 3.63) is 37.2 Å². The fraction of sp³-hybridized carbons (Fsp3) is 0. The SMILES string of the molecule is [CH]OS(=O)(=O)c1cccc(F)c1. The molecule has 0 aliphatic rings. The van der Waals surface area contributed by atoms with Gasteiger partial charge in [-0.2, -0.15) is 8.42 Å². The third-order valence-corrected chi connectivity index (χ3v) is 2.30. The Morgan fingerprint density at radius 2 is 2.08 bits per heavy atom. The van der Waals surface area contributed by atoms with Gasteiger partial charge in [0, 0.05) is 0 Å². The molecule has 0 saturated carbocycles. The maximum absolute atomic E-state index is 12.5. The predicted molar refractivity (Wildman–Crippen MR) is 39.0 cm³/mol. The van der Waals surface area contributed by atoms with Crippen molar-refractivity contribution in [3.63, 3.8) is 0 Å². The highest BCUT2D eigenvalue weighted by Crippen LogP contribution is 2.12. The lowest BCUT2D eigenvalue weighted by atomic mass is 10.4. The second-order valence-corrected chi connectivity index (χ2v) is 3.58. The first kappa shape index (κ1) is 9.15. The van der Waals surface area contributed by atoms with Crippen molar-refractivity contribution >= 4 is 10.1 Å². The van der Waals surface area contributed by atoms with Gasteiger partial charge >= 0.3 is 0 Å². The quantitative estimate of drug-likeness (QED) is 0.655. The summed E-state index contributed by atoms with van der Waals surface area (Å²) in [6.45, 7) is 0. The van der Waals surface area contributed by atoms with E-state index in [0.717, 1.165) is 12.1 Å². The summed E-state index contributed by atoms with van der Waals surface area (Å²) in [6, 6.07) is 4.38. The molecular formula is C7H5FO3S. The fourth-order valence-electron chi connectivity index (χ4n) is 0.678. The molecule has 0 amide bonds. The van der Waals surface area contributed by atoms with Gasteiger partial charge in [-0.1, -0.05) is 6.07 Å². The van der Waals surface area contributed by atoms with Crippen molar-refractivity contribution in [2.45, 2.75) is 4.90 Å². The Labute approximate surface area is 69.9 Å². The van der Waals surface area contributed by atoms with Gasteiger partial charge in [-0.05, 0) is 18.2 Å². The Hall–Kier alpha value is -0.940. The van der Waals surface area contributed by atoms with Crippen LogP contribution in [-0.4, -0.2) is 8.42 Å². The molecule has 5 heteroatoms. The van der Waals surface area contributed by atoms with Crippen molar-refractivity contribution in [1.29, 1.82) is 0 Å². The highest BCUT2D eigenvalue weighted by atomic mass is 32.2. The summed E-state index contributed by atoms with van der Waals surface area (Å²) in [7, 11) is 0.495. The zero-order chi connectivity index (χ0) is 9.19. The second kappa shape index (κ2) is 3.20. The molecule has 1 aromatic carbocycles. The van der Waals surface area contributed by atoms with E-state index in [-0.39, 0.29) is 4.90 Å². The average molecular weight is 188 g/mol. The van der Waals surface area contributed by atoms with Crippen molar-refractivity contribution in [1.82, 2.24) is 0 Å². The van der Waals surface area contributed by atoms with Crippen LogP contribution in [0.2, 0.25) is 0 Å². The molecule has 0 fully saturated rings. The predicted octanol–water partition coefficient (Wildman–Crippen LogP) is 1.20.